The minimum absolute atomic E-state index is 0.154. The van der Waals surface area contributed by atoms with E-state index in [1.165, 1.54) is 6.92 Å². The van der Waals surface area contributed by atoms with Crippen molar-refractivity contribution in [1.29, 1.82) is 0 Å². The fourth-order valence-electron chi connectivity index (χ4n) is 3.96. The molecule has 3 aromatic carbocycles. The summed E-state index contributed by atoms with van der Waals surface area (Å²) in [6.07, 6.45) is 1.14. The van der Waals surface area contributed by atoms with Gasteiger partial charge in [-0.15, -0.1) is 0 Å². The van der Waals surface area contributed by atoms with Gasteiger partial charge in [-0.2, -0.15) is 0 Å². The Morgan fingerprint density at radius 3 is 1.76 bits per heavy atom. The van der Waals surface area contributed by atoms with Crippen LogP contribution in [0.4, 0.5) is 0 Å². The number of carbonyl (C=O) groups excluding carboxylic acids is 2. The first-order valence-electron chi connectivity index (χ1n) is 10.6. The van der Waals surface area contributed by atoms with Gasteiger partial charge in [0.05, 0.1) is 0 Å². The van der Waals surface area contributed by atoms with Gasteiger partial charge in [0.1, 0.15) is 17.2 Å². The van der Waals surface area contributed by atoms with Crippen molar-refractivity contribution in [3.05, 3.63) is 100 Å². The second-order valence-electron chi connectivity index (χ2n) is 8.19. The van der Waals surface area contributed by atoms with Crippen molar-refractivity contribution < 1.29 is 24.2 Å². The molecule has 0 amide bonds. The number of hydrogen-bond acceptors (Lipinski definition) is 5. The highest BCUT2D eigenvalue weighted by Crippen LogP contribution is 2.40. The van der Waals surface area contributed by atoms with Crippen LogP contribution in [0.2, 0.25) is 0 Å². The largest absolute Gasteiger partial charge is 0.508 e. The second kappa shape index (κ2) is 9.74. The monoisotopic (exact) mass is 444 g/mol. The summed E-state index contributed by atoms with van der Waals surface area (Å²) in [4.78, 5) is 23.2. The minimum Gasteiger partial charge on any atom is -0.508 e. The quantitative estimate of drug-likeness (QED) is 0.224. The first-order chi connectivity index (χ1) is 15.6. The highest BCUT2D eigenvalue weighted by Gasteiger charge is 2.23. The highest BCUT2D eigenvalue weighted by molar-refractivity contribution is 5.83. The van der Waals surface area contributed by atoms with Crippen molar-refractivity contribution in [2.24, 2.45) is 0 Å². The number of esters is 2. The molecule has 1 N–H and O–H groups in total. The van der Waals surface area contributed by atoms with Crippen molar-refractivity contribution in [1.82, 2.24) is 0 Å². The molecule has 0 heterocycles. The lowest BCUT2D eigenvalue weighted by Crippen LogP contribution is -2.11. The van der Waals surface area contributed by atoms with Crippen molar-refractivity contribution in [3.8, 4) is 17.2 Å². The molecule has 0 saturated heterocycles. The number of carbonyl (C=O) groups is 2. The molecule has 0 aliphatic carbocycles. The van der Waals surface area contributed by atoms with Gasteiger partial charge < -0.3 is 14.6 Å². The summed E-state index contributed by atoms with van der Waals surface area (Å²) in [5, 5.41) is 9.84. The zero-order chi connectivity index (χ0) is 24.3. The molecule has 0 aromatic heterocycles. The Morgan fingerprint density at radius 2 is 1.30 bits per heavy atom. The molecule has 5 nitrogen and oxygen atoms in total. The molecular weight excluding hydrogens is 416 g/mol. The van der Waals surface area contributed by atoms with Crippen LogP contribution < -0.4 is 9.47 Å². The molecule has 1 atom stereocenters. The summed E-state index contributed by atoms with van der Waals surface area (Å²) < 4.78 is 10.8. The summed E-state index contributed by atoms with van der Waals surface area (Å²) in [5.74, 6) is 0.189. The third kappa shape index (κ3) is 5.32. The fraction of sp³-hybridized carbons (Fsp3) is 0.214. The Balaban J connectivity index is 2.21. The van der Waals surface area contributed by atoms with Gasteiger partial charge in [0.15, 0.2) is 0 Å². The van der Waals surface area contributed by atoms with E-state index >= 15 is 0 Å². The number of phenols is 1. The molecule has 5 heteroatoms. The zero-order valence-corrected chi connectivity index (χ0v) is 19.6. The molecular formula is C28H28O5. The van der Waals surface area contributed by atoms with Gasteiger partial charge >= 0.3 is 11.9 Å². The number of hydrogen-bond donors (Lipinski definition) is 1. The molecule has 0 radical (unpaired) electrons. The van der Waals surface area contributed by atoms with Crippen LogP contribution in [0, 0.1) is 27.7 Å². The molecule has 1 unspecified atom stereocenters. The van der Waals surface area contributed by atoms with Crippen LogP contribution in [0.25, 0.3) is 0 Å². The maximum absolute atomic E-state index is 11.7. The van der Waals surface area contributed by atoms with E-state index in [0.717, 1.165) is 45.0 Å². The Bertz CT molecular complexity index is 1220. The standard InChI is InChI=1S/C28H28O5/c1-7-27(31)33-26-15-17(3)24(13-19(26)5)28(21-8-10-22(30)11-9-21)23-12-18(4)25(14-16(23)2)32-20(6)29/h7-15,28,30H,1H2,2-6H3. The molecule has 3 rings (SSSR count). The van der Waals surface area contributed by atoms with Gasteiger partial charge in [-0.1, -0.05) is 30.8 Å². The number of benzene rings is 3. The summed E-state index contributed by atoms with van der Waals surface area (Å²) >= 11 is 0. The summed E-state index contributed by atoms with van der Waals surface area (Å²) in [7, 11) is 0. The van der Waals surface area contributed by atoms with E-state index in [2.05, 4.69) is 6.58 Å². The summed E-state index contributed by atoms with van der Waals surface area (Å²) in [6, 6.07) is 14.9. The molecule has 33 heavy (non-hydrogen) atoms. The van der Waals surface area contributed by atoms with Gasteiger partial charge in [0.2, 0.25) is 0 Å². The van der Waals surface area contributed by atoms with E-state index in [-0.39, 0.29) is 17.6 Å². The predicted molar refractivity (Wildman–Crippen MR) is 128 cm³/mol. The van der Waals surface area contributed by atoms with Crippen LogP contribution in [0.3, 0.4) is 0 Å². The molecule has 0 aliphatic heterocycles. The molecule has 0 bridgehead atoms. The number of rotatable bonds is 6. The SMILES string of the molecule is C=CC(=O)Oc1cc(C)c(C(c2ccc(O)cc2)c2cc(C)c(OC(C)=O)cc2C)cc1C. The van der Waals surface area contributed by atoms with E-state index in [0.29, 0.717) is 11.5 Å². The van der Waals surface area contributed by atoms with Crippen molar-refractivity contribution in [2.45, 2.75) is 40.5 Å². The normalized spacial score (nSPS) is 11.5. The number of ether oxygens (including phenoxy) is 2. The van der Waals surface area contributed by atoms with E-state index < -0.39 is 5.97 Å². The minimum atomic E-state index is -0.507. The van der Waals surface area contributed by atoms with E-state index in [9.17, 15) is 14.7 Å². The van der Waals surface area contributed by atoms with E-state index in [1.54, 1.807) is 12.1 Å². The number of aryl methyl sites for hydroxylation is 4. The van der Waals surface area contributed by atoms with Gasteiger partial charge in [-0.25, -0.2) is 4.79 Å². The lowest BCUT2D eigenvalue weighted by Gasteiger charge is -2.25. The smallest absolute Gasteiger partial charge is 0.335 e. The van der Waals surface area contributed by atoms with Crippen molar-refractivity contribution >= 4 is 11.9 Å². The van der Waals surface area contributed by atoms with E-state index in [4.69, 9.17) is 9.47 Å². The van der Waals surface area contributed by atoms with Crippen LogP contribution >= 0.6 is 0 Å². The zero-order valence-electron chi connectivity index (χ0n) is 19.6. The summed E-state index contributed by atoms with van der Waals surface area (Å²) in [5.41, 5.74) is 6.67. The lowest BCUT2D eigenvalue weighted by molar-refractivity contribution is -0.132. The Morgan fingerprint density at radius 1 is 0.818 bits per heavy atom. The second-order valence-corrected chi connectivity index (χ2v) is 8.19. The van der Waals surface area contributed by atoms with E-state index in [1.807, 2.05) is 64.1 Å². The van der Waals surface area contributed by atoms with Crippen molar-refractivity contribution in [3.63, 3.8) is 0 Å². The lowest BCUT2D eigenvalue weighted by atomic mass is 9.80. The topological polar surface area (TPSA) is 72.8 Å². The first kappa shape index (κ1) is 23.8. The molecule has 3 aromatic rings. The number of aromatic hydroxyl groups is 1. The van der Waals surface area contributed by atoms with Crippen LogP contribution in [-0.4, -0.2) is 17.0 Å². The third-order valence-corrected chi connectivity index (χ3v) is 5.61. The van der Waals surface area contributed by atoms with Crippen LogP contribution in [-0.2, 0) is 9.59 Å². The average molecular weight is 445 g/mol. The Hall–Kier alpha value is -3.86. The van der Waals surface area contributed by atoms with Crippen LogP contribution in [0.5, 0.6) is 17.2 Å². The number of phenolic OH excluding ortho intramolecular Hbond substituents is 1. The average Bonchev–Trinajstić information content (AvgIpc) is 2.75. The predicted octanol–water partition coefficient (Wildman–Crippen LogP) is 5.82. The molecule has 0 aliphatic rings. The van der Waals surface area contributed by atoms with Gasteiger partial charge in [0, 0.05) is 18.9 Å². The molecule has 0 fully saturated rings. The maximum Gasteiger partial charge on any atom is 0.335 e. The van der Waals surface area contributed by atoms with Gasteiger partial charge in [-0.3, -0.25) is 4.79 Å². The Labute approximate surface area is 194 Å². The van der Waals surface area contributed by atoms with Crippen LogP contribution in [0.1, 0.15) is 51.8 Å². The van der Waals surface area contributed by atoms with Crippen LogP contribution in [0.15, 0.2) is 61.2 Å². The van der Waals surface area contributed by atoms with Gasteiger partial charge in [0.25, 0.3) is 0 Å². The highest BCUT2D eigenvalue weighted by atomic mass is 16.5. The Kier molecular flexibility index (Phi) is 7.02. The summed E-state index contributed by atoms with van der Waals surface area (Å²) in [6.45, 7) is 12.6. The maximum atomic E-state index is 11.7. The fourth-order valence-corrected chi connectivity index (χ4v) is 3.96. The molecule has 170 valence electrons. The molecule has 0 spiro atoms. The first-order valence-corrected chi connectivity index (χ1v) is 10.6. The van der Waals surface area contributed by atoms with Crippen molar-refractivity contribution in [2.75, 3.05) is 0 Å². The third-order valence-electron chi connectivity index (χ3n) is 5.61. The molecule has 0 saturated carbocycles. The van der Waals surface area contributed by atoms with Gasteiger partial charge in [-0.05, 0) is 90.9 Å².